The summed E-state index contributed by atoms with van der Waals surface area (Å²) in [6.45, 7) is 6.05. The smallest absolute Gasteiger partial charge is 0.0207 e. The number of thioether (sulfide) groups is 1. The molecule has 88 valence electrons. The van der Waals surface area contributed by atoms with Crippen LogP contribution in [-0.4, -0.2) is 23.6 Å². The molecular weight excluding hydrogens is 202 g/mol. The van der Waals surface area contributed by atoms with Gasteiger partial charge in [-0.3, -0.25) is 0 Å². The van der Waals surface area contributed by atoms with E-state index in [2.05, 4.69) is 30.9 Å². The number of hydrogen-bond donors (Lipinski definition) is 1. The van der Waals surface area contributed by atoms with E-state index in [1.807, 2.05) is 0 Å². The van der Waals surface area contributed by atoms with Crippen molar-refractivity contribution in [3.8, 4) is 0 Å². The van der Waals surface area contributed by atoms with Crippen LogP contribution < -0.4 is 5.32 Å². The average molecular weight is 227 g/mol. The predicted octanol–water partition coefficient (Wildman–Crippen LogP) is 3.30. The van der Waals surface area contributed by atoms with Gasteiger partial charge in [0.2, 0.25) is 0 Å². The molecule has 2 saturated heterocycles. The quantitative estimate of drug-likeness (QED) is 0.794. The van der Waals surface area contributed by atoms with Gasteiger partial charge in [0.1, 0.15) is 0 Å². The standard InChI is InChI=1S/C13H25NS/c1-11(2)13(6-3-7-14-13)10-12-4-8-15-9-5-12/h11-12,14H,3-10H2,1-2H3. The lowest BCUT2D eigenvalue weighted by atomic mass is 9.76. The molecule has 0 aliphatic carbocycles. The molecule has 0 aromatic heterocycles. The van der Waals surface area contributed by atoms with Crippen molar-refractivity contribution in [3.63, 3.8) is 0 Å². The summed E-state index contributed by atoms with van der Waals surface area (Å²) in [5.74, 6) is 4.60. The van der Waals surface area contributed by atoms with Crippen LogP contribution in [0.1, 0.15) is 46.0 Å². The van der Waals surface area contributed by atoms with Crippen molar-refractivity contribution in [1.29, 1.82) is 0 Å². The predicted molar refractivity (Wildman–Crippen MR) is 69.5 cm³/mol. The van der Waals surface area contributed by atoms with Crippen LogP contribution in [0.2, 0.25) is 0 Å². The van der Waals surface area contributed by atoms with Gasteiger partial charge in [0.05, 0.1) is 0 Å². The van der Waals surface area contributed by atoms with Gasteiger partial charge in [-0.1, -0.05) is 13.8 Å². The van der Waals surface area contributed by atoms with Crippen LogP contribution in [0.25, 0.3) is 0 Å². The number of hydrogen-bond acceptors (Lipinski definition) is 2. The highest BCUT2D eigenvalue weighted by Crippen LogP contribution is 2.37. The van der Waals surface area contributed by atoms with Gasteiger partial charge in [0.25, 0.3) is 0 Å². The van der Waals surface area contributed by atoms with Crippen molar-refractivity contribution in [3.05, 3.63) is 0 Å². The maximum atomic E-state index is 3.81. The van der Waals surface area contributed by atoms with E-state index in [0.29, 0.717) is 5.54 Å². The first-order valence-electron chi connectivity index (χ1n) is 6.56. The minimum atomic E-state index is 0.493. The first-order valence-corrected chi connectivity index (χ1v) is 7.71. The maximum Gasteiger partial charge on any atom is 0.0207 e. The van der Waals surface area contributed by atoms with Crippen LogP contribution in [0, 0.1) is 11.8 Å². The Labute approximate surface area is 98.8 Å². The second-order valence-corrected chi connectivity index (χ2v) is 6.83. The summed E-state index contributed by atoms with van der Waals surface area (Å²) in [6, 6.07) is 0. The second kappa shape index (κ2) is 5.09. The molecule has 2 heteroatoms. The molecule has 0 bridgehead atoms. The lowest BCUT2D eigenvalue weighted by Crippen LogP contribution is -2.46. The molecule has 1 N–H and O–H groups in total. The zero-order valence-corrected chi connectivity index (χ0v) is 11.0. The zero-order chi connectivity index (χ0) is 10.7. The molecule has 2 rings (SSSR count). The molecule has 0 spiro atoms. The van der Waals surface area contributed by atoms with E-state index in [4.69, 9.17) is 0 Å². The van der Waals surface area contributed by atoms with Gasteiger partial charge >= 0.3 is 0 Å². The Kier molecular flexibility index (Phi) is 4.00. The van der Waals surface area contributed by atoms with E-state index in [1.165, 1.54) is 50.2 Å². The zero-order valence-electron chi connectivity index (χ0n) is 10.2. The molecule has 1 nitrogen and oxygen atoms in total. The van der Waals surface area contributed by atoms with Crippen molar-refractivity contribution in [2.75, 3.05) is 18.1 Å². The second-order valence-electron chi connectivity index (χ2n) is 5.60. The summed E-state index contributed by atoms with van der Waals surface area (Å²) >= 11 is 2.14. The molecule has 2 aliphatic rings. The summed E-state index contributed by atoms with van der Waals surface area (Å²) in [6.07, 6.45) is 7.15. The molecule has 0 radical (unpaired) electrons. The van der Waals surface area contributed by atoms with Crippen LogP contribution in [0.4, 0.5) is 0 Å². The van der Waals surface area contributed by atoms with E-state index in [0.717, 1.165) is 11.8 Å². The van der Waals surface area contributed by atoms with Crippen molar-refractivity contribution in [2.45, 2.75) is 51.5 Å². The summed E-state index contributed by atoms with van der Waals surface area (Å²) in [7, 11) is 0. The van der Waals surface area contributed by atoms with Gasteiger partial charge in [0, 0.05) is 5.54 Å². The lowest BCUT2D eigenvalue weighted by molar-refractivity contribution is 0.205. The van der Waals surface area contributed by atoms with E-state index in [-0.39, 0.29) is 0 Å². The topological polar surface area (TPSA) is 12.0 Å². The molecule has 1 unspecified atom stereocenters. The fourth-order valence-electron chi connectivity index (χ4n) is 3.20. The SMILES string of the molecule is CC(C)C1(CC2CCSCC2)CCCN1. The van der Waals surface area contributed by atoms with E-state index in [9.17, 15) is 0 Å². The Morgan fingerprint density at radius 2 is 2.07 bits per heavy atom. The van der Waals surface area contributed by atoms with Crippen molar-refractivity contribution >= 4 is 11.8 Å². The minimum absolute atomic E-state index is 0.493. The highest BCUT2D eigenvalue weighted by atomic mass is 32.2. The van der Waals surface area contributed by atoms with Crippen LogP contribution in [0.5, 0.6) is 0 Å². The third-order valence-corrected chi connectivity index (χ3v) is 5.42. The van der Waals surface area contributed by atoms with Crippen molar-refractivity contribution in [1.82, 2.24) is 5.32 Å². The Balaban J connectivity index is 1.93. The molecule has 0 saturated carbocycles. The third-order valence-electron chi connectivity index (χ3n) is 4.38. The highest BCUT2D eigenvalue weighted by molar-refractivity contribution is 7.99. The summed E-state index contributed by atoms with van der Waals surface area (Å²) in [4.78, 5) is 0. The summed E-state index contributed by atoms with van der Waals surface area (Å²) < 4.78 is 0. The van der Waals surface area contributed by atoms with Crippen LogP contribution in [-0.2, 0) is 0 Å². The average Bonchev–Trinajstić information content (AvgIpc) is 2.69. The first kappa shape index (κ1) is 11.8. The normalized spacial score (nSPS) is 33.8. The van der Waals surface area contributed by atoms with Gasteiger partial charge in [0.15, 0.2) is 0 Å². The van der Waals surface area contributed by atoms with Crippen LogP contribution >= 0.6 is 11.8 Å². The van der Waals surface area contributed by atoms with Crippen LogP contribution in [0.15, 0.2) is 0 Å². The molecule has 15 heavy (non-hydrogen) atoms. The molecule has 0 aromatic carbocycles. The first-order chi connectivity index (χ1) is 7.23. The minimum Gasteiger partial charge on any atom is -0.311 e. The van der Waals surface area contributed by atoms with Crippen molar-refractivity contribution in [2.24, 2.45) is 11.8 Å². The Morgan fingerprint density at radius 3 is 2.60 bits per heavy atom. The fraction of sp³-hybridized carbons (Fsp3) is 1.00. The van der Waals surface area contributed by atoms with Crippen LogP contribution in [0.3, 0.4) is 0 Å². The highest BCUT2D eigenvalue weighted by Gasteiger charge is 2.38. The number of nitrogens with one attached hydrogen (secondary N) is 1. The molecule has 1 atom stereocenters. The maximum absolute atomic E-state index is 3.81. The number of rotatable bonds is 3. The molecule has 2 aliphatic heterocycles. The monoisotopic (exact) mass is 227 g/mol. The lowest BCUT2D eigenvalue weighted by Gasteiger charge is -2.38. The van der Waals surface area contributed by atoms with E-state index >= 15 is 0 Å². The largest absolute Gasteiger partial charge is 0.311 e. The van der Waals surface area contributed by atoms with Gasteiger partial charge in [-0.15, -0.1) is 0 Å². The Bertz CT molecular complexity index is 191. The molecule has 2 fully saturated rings. The Hall–Kier alpha value is 0.310. The van der Waals surface area contributed by atoms with E-state index in [1.54, 1.807) is 0 Å². The molecule has 0 aromatic rings. The third kappa shape index (κ3) is 2.71. The molecule has 0 amide bonds. The van der Waals surface area contributed by atoms with E-state index < -0.39 is 0 Å². The van der Waals surface area contributed by atoms with Gasteiger partial charge in [-0.2, -0.15) is 11.8 Å². The molecule has 2 heterocycles. The summed E-state index contributed by atoms with van der Waals surface area (Å²) in [5, 5.41) is 3.81. The summed E-state index contributed by atoms with van der Waals surface area (Å²) in [5.41, 5.74) is 0.493. The van der Waals surface area contributed by atoms with Crippen molar-refractivity contribution < 1.29 is 0 Å². The Morgan fingerprint density at radius 1 is 1.33 bits per heavy atom. The van der Waals surface area contributed by atoms with Gasteiger partial charge in [-0.25, -0.2) is 0 Å². The van der Waals surface area contributed by atoms with Gasteiger partial charge in [-0.05, 0) is 62.0 Å². The van der Waals surface area contributed by atoms with Gasteiger partial charge < -0.3 is 5.32 Å². The molecular formula is C13H25NS. The fourth-order valence-corrected chi connectivity index (χ4v) is 4.40.